The van der Waals surface area contributed by atoms with Gasteiger partial charge in [-0.2, -0.15) is 0 Å². The molecule has 34 heavy (non-hydrogen) atoms. The summed E-state index contributed by atoms with van der Waals surface area (Å²) in [4.78, 5) is 22.7. The summed E-state index contributed by atoms with van der Waals surface area (Å²) in [5.41, 5.74) is 2.87. The number of rotatable bonds is 8. The molecule has 5 rings (SSSR count). The average molecular weight is 483 g/mol. The molecule has 0 radical (unpaired) electrons. The van der Waals surface area contributed by atoms with Crippen LogP contribution < -0.4 is 10.6 Å². The molecule has 1 atom stereocenters. The van der Waals surface area contributed by atoms with Crippen LogP contribution >= 0.6 is 19.7 Å². The van der Waals surface area contributed by atoms with Crippen LogP contribution in [0.15, 0.2) is 102 Å². The number of benzene rings is 3. The predicted molar refractivity (Wildman–Crippen MR) is 143 cm³/mol. The van der Waals surface area contributed by atoms with E-state index in [9.17, 15) is 4.79 Å². The van der Waals surface area contributed by atoms with Crippen molar-refractivity contribution in [3.05, 3.63) is 114 Å². The van der Waals surface area contributed by atoms with E-state index in [0.717, 1.165) is 36.7 Å². The van der Waals surface area contributed by atoms with Gasteiger partial charge in [-0.3, -0.25) is 4.79 Å². The number of aryl methyl sites for hydroxylation is 1. The minimum Gasteiger partial charge on any atom is -0.292 e. The Balaban J connectivity index is 1.29. The third-order valence-corrected chi connectivity index (χ3v) is 9.74. The lowest BCUT2D eigenvalue weighted by molar-refractivity contribution is 0.0892. The van der Waals surface area contributed by atoms with Crippen LogP contribution in [0, 0.1) is 5.92 Å². The molecule has 3 aromatic carbocycles. The van der Waals surface area contributed by atoms with E-state index in [1.807, 2.05) is 24.4 Å². The number of ketones is 1. The first-order valence-electron chi connectivity index (χ1n) is 11.7. The SMILES string of the molecule is O=C1c2nc(SCc3ccccc3)ncc2CCC1CCP(c1ccccc1)c1ccccc1. The number of thioether (sulfide) groups is 1. The third-order valence-electron chi connectivity index (χ3n) is 6.26. The lowest BCUT2D eigenvalue weighted by Crippen LogP contribution is -2.26. The van der Waals surface area contributed by atoms with Gasteiger partial charge in [0.1, 0.15) is 5.69 Å². The first-order valence-corrected chi connectivity index (χ1v) is 14.2. The van der Waals surface area contributed by atoms with Gasteiger partial charge in [-0.25, -0.2) is 9.97 Å². The molecule has 170 valence electrons. The molecule has 1 aliphatic carbocycles. The smallest absolute Gasteiger partial charge is 0.188 e. The van der Waals surface area contributed by atoms with Crippen molar-refractivity contribution < 1.29 is 4.79 Å². The maximum absolute atomic E-state index is 13.4. The fourth-order valence-corrected chi connectivity index (χ4v) is 7.64. The van der Waals surface area contributed by atoms with E-state index in [2.05, 4.69) is 77.8 Å². The van der Waals surface area contributed by atoms with Crippen molar-refractivity contribution in [2.45, 2.75) is 30.2 Å². The molecule has 0 bridgehead atoms. The highest BCUT2D eigenvalue weighted by Crippen LogP contribution is 2.37. The van der Waals surface area contributed by atoms with Crippen molar-refractivity contribution in [3.63, 3.8) is 0 Å². The number of aromatic nitrogens is 2. The lowest BCUT2D eigenvalue weighted by atomic mass is 9.85. The van der Waals surface area contributed by atoms with Crippen molar-refractivity contribution in [1.29, 1.82) is 0 Å². The van der Waals surface area contributed by atoms with Crippen LogP contribution in [0.25, 0.3) is 0 Å². The number of Topliss-reactive ketones (excluding diaryl/α,β-unsaturated/α-hetero) is 1. The molecular weight excluding hydrogens is 455 g/mol. The van der Waals surface area contributed by atoms with Crippen LogP contribution in [-0.4, -0.2) is 21.9 Å². The molecule has 0 fully saturated rings. The van der Waals surface area contributed by atoms with Crippen molar-refractivity contribution in [2.75, 3.05) is 6.16 Å². The summed E-state index contributed by atoms with van der Waals surface area (Å²) in [6.45, 7) is 0. The second-order valence-electron chi connectivity index (χ2n) is 8.51. The fourth-order valence-electron chi connectivity index (χ4n) is 4.42. The van der Waals surface area contributed by atoms with E-state index in [1.54, 1.807) is 11.8 Å². The first kappa shape index (κ1) is 23.0. The van der Waals surface area contributed by atoms with Crippen molar-refractivity contribution in [1.82, 2.24) is 9.97 Å². The van der Waals surface area contributed by atoms with E-state index in [4.69, 9.17) is 4.98 Å². The van der Waals surface area contributed by atoms with Crippen molar-refractivity contribution >= 4 is 36.1 Å². The zero-order valence-electron chi connectivity index (χ0n) is 19.0. The summed E-state index contributed by atoms with van der Waals surface area (Å²) in [5.74, 6) is 1.03. The van der Waals surface area contributed by atoms with Crippen molar-refractivity contribution in [3.8, 4) is 0 Å². The van der Waals surface area contributed by atoms with Gasteiger partial charge >= 0.3 is 0 Å². The molecule has 0 amide bonds. The molecule has 4 aromatic rings. The van der Waals surface area contributed by atoms with Gasteiger partial charge in [0, 0.05) is 17.9 Å². The average Bonchev–Trinajstić information content (AvgIpc) is 2.91. The Kier molecular flexibility index (Phi) is 7.48. The highest BCUT2D eigenvalue weighted by atomic mass is 32.2. The Bertz CT molecular complexity index is 1200. The normalized spacial score (nSPS) is 15.3. The molecule has 0 aliphatic heterocycles. The molecule has 1 unspecified atom stereocenters. The van der Waals surface area contributed by atoms with Gasteiger partial charge in [0.25, 0.3) is 0 Å². The number of hydrogen-bond donors (Lipinski definition) is 0. The van der Waals surface area contributed by atoms with E-state index >= 15 is 0 Å². The number of carbonyl (C=O) groups is 1. The predicted octanol–water partition coefficient (Wildman–Crippen LogP) is 6.04. The molecule has 1 aromatic heterocycles. The van der Waals surface area contributed by atoms with Crippen LogP contribution in [0.3, 0.4) is 0 Å². The molecule has 0 spiro atoms. The number of fused-ring (bicyclic) bond motifs is 1. The molecule has 3 nitrogen and oxygen atoms in total. The monoisotopic (exact) mass is 482 g/mol. The Hall–Kier alpha value is -2.81. The third kappa shape index (κ3) is 5.46. The van der Waals surface area contributed by atoms with Gasteiger partial charge in [-0.15, -0.1) is 0 Å². The zero-order valence-corrected chi connectivity index (χ0v) is 20.7. The van der Waals surface area contributed by atoms with Gasteiger partial charge in [-0.1, -0.05) is 103 Å². The van der Waals surface area contributed by atoms with Crippen molar-refractivity contribution in [2.24, 2.45) is 5.92 Å². The Labute approximate surface area is 206 Å². The number of carbonyl (C=O) groups excluding carboxylic acids is 1. The van der Waals surface area contributed by atoms with E-state index in [0.29, 0.717) is 10.9 Å². The summed E-state index contributed by atoms with van der Waals surface area (Å²) in [5, 5.41) is 3.43. The van der Waals surface area contributed by atoms with E-state index in [-0.39, 0.29) is 11.7 Å². The standard InChI is InChI=1S/C29H27N2OPS/c32-28-23(18-19-33(25-12-6-2-7-13-25)26-14-8-3-9-15-26)16-17-24-20-30-29(31-27(24)28)34-21-22-10-4-1-5-11-22/h1-15,20,23H,16-19,21H2. The van der Waals surface area contributed by atoms with Gasteiger partial charge in [0.2, 0.25) is 0 Å². The second kappa shape index (κ2) is 11.1. The maximum Gasteiger partial charge on any atom is 0.188 e. The van der Waals surface area contributed by atoms with Gasteiger partial charge in [-0.05, 0) is 55.1 Å². The molecule has 0 saturated carbocycles. The summed E-state index contributed by atoms with van der Waals surface area (Å²) in [6.07, 6.45) is 5.53. The van der Waals surface area contributed by atoms with Crippen LogP contribution in [0.4, 0.5) is 0 Å². The lowest BCUT2D eigenvalue weighted by Gasteiger charge is -2.25. The number of nitrogens with zero attached hydrogens (tertiary/aromatic N) is 2. The molecule has 5 heteroatoms. The summed E-state index contributed by atoms with van der Waals surface area (Å²) in [6, 6.07) is 31.8. The molecule has 1 aliphatic rings. The van der Waals surface area contributed by atoms with Crippen LogP contribution in [0.1, 0.15) is 34.5 Å². The maximum atomic E-state index is 13.4. The number of hydrogen-bond acceptors (Lipinski definition) is 4. The van der Waals surface area contributed by atoms with Gasteiger partial charge < -0.3 is 0 Å². The first-order chi connectivity index (χ1) is 16.8. The van der Waals surface area contributed by atoms with E-state index in [1.165, 1.54) is 16.2 Å². The van der Waals surface area contributed by atoms with Gasteiger partial charge in [0.15, 0.2) is 10.9 Å². The Morgan fingerprint density at radius 1 is 0.853 bits per heavy atom. The Morgan fingerprint density at radius 2 is 1.47 bits per heavy atom. The van der Waals surface area contributed by atoms with Crippen LogP contribution in [0.5, 0.6) is 0 Å². The van der Waals surface area contributed by atoms with Crippen LogP contribution in [-0.2, 0) is 12.2 Å². The highest BCUT2D eigenvalue weighted by Gasteiger charge is 2.30. The quantitative estimate of drug-likeness (QED) is 0.175. The molecular formula is C29H27N2OPS. The minimum absolute atomic E-state index is 0.0341. The zero-order chi connectivity index (χ0) is 23.2. The summed E-state index contributed by atoms with van der Waals surface area (Å²) in [7, 11) is -0.489. The summed E-state index contributed by atoms with van der Waals surface area (Å²) < 4.78 is 0. The summed E-state index contributed by atoms with van der Waals surface area (Å²) >= 11 is 1.59. The highest BCUT2D eigenvalue weighted by molar-refractivity contribution is 7.98. The van der Waals surface area contributed by atoms with E-state index < -0.39 is 7.92 Å². The van der Waals surface area contributed by atoms with Gasteiger partial charge in [0.05, 0.1) is 0 Å². The largest absolute Gasteiger partial charge is 0.292 e. The Morgan fingerprint density at radius 3 is 2.12 bits per heavy atom. The molecule has 0 saturated heterocycles. The molecule has 0 N–H and O–H groups in total. The topological polar surface area (TPSA) is 42.9 Å². The van der Waals surface area contributed by atoms with Crippen LogP contribution in [0.2, 0.25) is 0 Å². The second-order valence-corrected chi connectivity index (χ2v) is 11.8. The molecule has 1 heterocycles. The minimum atomic E-state index is -0.489. The fraction of sp³-hybridized carbons (Fsp3) is 0.207.